The largest absolute Gasteiger partial charge is 0.467 e. The summed E-state index contributed by atoms with van der Waals surface area (Å²) in [5, 5.41) is 0. The van der Waals surface area contributed by atoms with E-state index >= 15 is 0 Å². The Morgan fingerprint density at radius 1 is 0.765 bits per heavy atom. The number of methoxy groups -OCH3 is 1. The average Bonchev–Trinajstić information content (AvgIpc) is 3.27. The third-order valence-corrected chi connectivity index (χ3v) is 6.56. The van der Waals surface area contributed by atoms with Crippen LogP contribution in [-0.2, 0) is 15.1 Å². The Morgan fingerprint density at radius 2 is 1.32 bits per heavy atom. The van der Waals surface area contributed by atoms with E-state index in [2.05, 4.69) is 66.4 Å². The molecule has 4 aromatic carbocycles. The zero-order valence-corrected chi connectivity index (χ0v) is 19.4. The maximum absolute atomic E-state index is 14.0. The molecule has 0 fully saturated rings. The standard InChI is InChI=1S/C31H27NO2/c1-23-18-20-27(21-19-23)32-29(25-14-8-4-9-15-25)22-28(24-12-6-3-7-13-24)31(32,30(33)34-2)26-16-10-5-11-17-26/h3-22,29H,1-2H3. The highest BCUT2D eigenvalue weighted by molar-refractivity contribution is 6.05. The highest BCUT2D eigenvalue weighted by Gasteiger charge is 2.56. The summed E-state index contributed by atoms with van der Waals surface area (Å²) in [7, 11) is 1.47. The first-order valence-corrected chi connectivity index (χ1v) is 11.5. The van der Waals surface area contributed by atoms with Crippen molar-refractivity contribution < 1.29 is 9.53 Å². The molecule has 0 aliphatic carbocycles. The molecule has 1 aliphatic heterocycles. The molecule has 2 atom stereocenters. The zero-order valence-electron chi connectivity index (χ0n) is 19.4. The Labute approximate surface area is 200 Å². The van der Waals surface area contributed by atoms with Gasteiger partial charge in [-0.1, -0.05) is 115 Å². The van der Waals surface area contributed by atoms with Crippen molar-refractivity contribution in [1.82, 2.24) is 0 Å². The van der Waals surface area contributed by atoms with E-state index in [1.165, 1.54) is 12.7 Å². The van der Waals surface area contributed by atoms with Crippen LogP contribution in [-0.4, -0.2) is 13.1 Å². The predicted molar refractivity (Wildman–Crippen MR) is 137 cm³/mol. The topological polar surface area (TPSA) is 29.5 Å². The molecule has 0 radical (unpaired) electrons. The van der Waals surface area contributed by atoms with Gasteiger partial charge in [0.15, 0.2) is 5.54 Å². The van der Waals surface area contributed by atoms with Crippen molar-refractivity contribution in [3.63, 3.8) is 0 Å². The molecule has 1 aliphatic rings. The summed E-state index contributed by atoms with van der Waals surface area (Å²) in [4.78, 5) is 16.3. The summed E-state index contributed by atoms with van der Waals surface area (Å²) < 4.78 is 5.58. The van der Waals surface area contributed by atoms with E-state index < -0.39 is 5.54 Å². The van der Waals surface area contributed by atoms with E-state index in [9.17, 15) is 4.79 Å². The normalized spacial score (nSPS) is 19.5. The number of carbonyl (C=O) groups excluding carboxylic acids is 1. The number of hydrogen-bond donors (Lipinski definition) is 0. The molecule has 0 saturated carbocycles. The zero-order chi connectivity index (χ0) is 23.5. The maximum atomic E-state index is 14.0. The van der Waals surface area contributed by atoms with Crippen molar-refractivity contribution in [2.45, 2.75) is 18.5 Å². The number of carbonyl (C=O) groups is 1. The van der Waals surface area contributed by atoms with Gasteiger partial charge in [0.2, 0.25) is 0 Å². The molecule has 0 bridgehead atoms. The molecule has 0 saturated heterocycles. The van der Waals surface area contributed by atoms with Gasteiger partial charge in [0, 0.05) is 5.69 Å². The lowest BCUT2D eigenvalue weighted by molar-refractivity contribution is -0.145. The number of nitrogens with zero attached hydrogens (tertiary/aromatic N) is 1. The van der Waals surface area contributed by atoms with Gasteiger partial charge < -0.3 is 9.64 Å². The first-order valence-electron chi connectivity index (χ1n) is 11.5. The number of anilines is 1. The van der Waals surface area contributed by atoms with Gasteiger partial charge in [0.25, 0.3) is 0 Å². The van der Waals surface area contributed by atoms with Crippen molar-refractivity contribution >= 4 is 17.2 Å². The van der Waals surface area contributed by atoms with Crippen molar-refractivity contribution in [1.29, 1.82) is 0 Å². The van der Waals surface area contributed by atoms with Crippen molar-refractivity contribution in [3.8, 4) is 0 Å². The Kier molecular flexibility index (Phi) is 5.77. The van der Waals surface area contributed by atoms with E-state index in [-0.39, 0.29) is 12.0 Å². The Balaban J connectivity index is 1.87. The molecule has 0 N–H and O–H groups in total. The summed E-state index contributed by atoms with van der Waals surface area (Å²) in [6.07, 6.45) is 2.22. The van der Waals surface area contributed by atoms with Crippen molar-refractivity contribution in [2.75, 3.05) is 12.0 Å². The van der Waals surface area contributed by atoms with Crippen LogP contribution in [0.3, 0.4) is 0 Å². The summed E-state index contributed by atoms with van der Waals surface area (Å²) in [5.41, 5.74) is 4.85. The Bertz CT molecular complexity index is 1300. The molecule has 34 heavy (non-hydrogen) atoms. The van der Waals surface area contributed by atoms with E-state index in [4.69, 9.17) is 4.74 Å². The Morgan fingerprint density at radius 3 is 1.91 bits per heavy atom. The number of benzene rings is 4. The fourth-order valence-corrected chi connectivity index (χ4v) is 5.02. The number of rotatable bonds is 5. The minimum absolute atomic E-state index is 0.168. The fraction of sp³-hybridized carbons (Fsp3) is 0.129. The van der Waals surface area contributed by atoms with Crippen molar-refractivity contribution in [3.05, 3.63) is 144 Å². The molecule has 3 heteroatoms. The lowest BCUT2D eigenvalue weighted by Gasteiger charge is -2.43. The molecule has 0 aromatic heterocycles. The summed E-state index contributed by atoms with van der Waals surface area (Å²) in [5.74, 6) is -0.312. The molecule has 0 spiro atoms. The van der Waals surface area contributed by atoms with E-state index in [0.717, 1.165) is 28.0 Å². The number of ether oxygens (including phenoxy) is 1. The van der Waals surface area contributed by atoms with Crippen LogP contribution in [0, 0.1) is 6.92 Å². The minimum atomic E-state index is -1.16. The predicted octanol–water partition coefficient (Wildman–Crippen LogP) is 6.71. The average molecular weight is 446 g/mol. The van der Waals surface area contributed by atoms with Crippen LogP contribution < -0.4 is 4.90 Å². The van der Waals surface area contributed by atoms with E-state index in [0.29, 0.717) is 0 Å². The van der Waals surface area contributed by atoms with Gasteiger partial charge in [-0.15, -0.1) is 0 Å². The van der Waals surface area contributed by atoms with Gasteiger partial charge in [-0.05, 0) is 41.3 Å². The maximum Gasteiger partial charge on any atom is 0.341 e. The molecular weight excluding hydrogens is 418 g/mol. The highest BCUT2D eigenvalue weighted by atomic mass is 16.5. The molecule has 5 rings (SSSR count). The van der Waals surface area contributed by atoms with Crippen molar-refractivity contribution in [2.24, 2.45) is 0 Å². The quantitative estimate of drug-likeness (QED) is 0.320. The van der Waals surface area contributed by atoms with Gasteiger partial charge >= 0.3 is 5.97 Å². The first-order chi connectivity index (χ1) is 16.7. The van der Waals surface area contributed by atoms with Gasteiger partial charge in [-0.25, -0.2) is 4.79 Å². The molecule has 4 aromatic rings. The van der Waals surface area contributed by atoms with Crippen LogP contribution >= 0.6 is 0 Å². The fourth-order valence-electron chi connectivity index (χ4n) is 5.02. The second-order valence-corrected chi connectivity index (χ2v) is 8.58. The Hall–Kier alpha value is -4.11. The second-order valence-electron chi connectivity index (χ2n) is 8.58. The van der Waals surface area contributed by atoms with E-state index in [1.807, 2.05) is 66.7 Å². The lowest BCUT2D eigenvalue weighted by Crippen LogP contribution is -2.51. The van der Waals surface area contributed by atoms with Crippen LogP contribution in [0.4, 0.5) is 5.69 Å². The van der Waals surface area contributed by atoms with Crippen LogP contribution in [0.25, 0.3) is 5.57 Å². The summed E-state index contributed by atoms with van der Waals surface area (Å²) in [6.45, 7) is 2.07. The number of hydrogen-bond acceptors (Lipinski definition) is 3. The van der Waals surface area contributed by atoms with Gasteiger partial charge in [0.05, 0.1) is 13.2 Å². The van der Waals surface area contributed by atoms with Gasteiger partial charge in [-0.2, -0.15) is 0 Å². The summed E-state index contributed by atoms with van der Waals surface area (Å²) in [6, 6.07) is 38.6. The molecule has 168 valence electrons. The lowest BCUT2D eigenvalue weighted by atomic mass is 9.79. The number of aryl methyl sites for hydroxylation is 1. The smallest absolute Gasteiger partial charge is 0.341 e. The third kappa shape index (κ3) is 3.50. The molecule has 3 nitrogen and oxygen atoms in total. The highest BCUT2D eigenvalue weighted by Crippen LogP contribution is 2.54. The van der Waals surface area contributed by atoms with Crippen LogP contribution in [0.5, 0.6) is 0 Å². The van der Waals surface area contributed by atoms with Gasteiger partial charge in [0.1, 0.15) is 0 Å². The molecule has 0 amide bonds. The summed E-state index contributed by atoms with van der Waals surface area (Å²) >= 11 is 0. The first kappa shape index (κ1) is 21.7. The van der Waals surface area contributed by atoms with Crippen LogP contribution in [0.2, 0.25) is 0 Å². The molecular formula is C31H27NO2. The SMILES string of the molecule is COC(=O)C1(c2ccccc2)C(c2ccccc2)=CC(c2ccccc2)N1c1ccc(C)cc1. The van der Waals surface area contributed by atoms with E-state index in [1.54, 1.807) is 0 Å². The molecule has 1 heterocycles. The van der Waals surface area contributed by atoms with Crippen LogP contribution in [0.1, 0.15) is 28.3 Å². The van der Waals surface area contributed by atoms with Crippen LogP contribution in [0.15, 0.2) is 121 Å². The monoisotopic (exact) mass is 445 g/mol. The second kappa shape index (κ2) is 9.03. The molecule has 2 unspecified atom stereocenters. The minimum Gasteiger partial charge on any atom is -0.467 e. The third-order valence-electron chi connectivity index (χ3n) is 6.56. The van der Waals surface area contributed by atoms with Gasteiger partial charge in [-0.3, -0.25) is 0 Å². The number of esters is 1.